The number of likely N-dealkylation sites (N-methyl/N-ethyl adjacent to an activating group) is 1. The number of para-hydroxylation sites is 2. The molecule has 1 N–H and O–H groups in total. The van der Waals surface area contributed by atoms with Crippen LogP contribution < -0.4 is 19.9 Å². The first-order valence-electron chi connectivity index (χ1n) is 10.2. The average molecular weight is 407 g/mol. The molecular weight excluding hydrogens is 382 g/mol. The zero-order valence-electron chi connectivity index (χ0n) is 17.1. The number of nitrogens with one attached hydrogen (secondary N) is 1. The third-order valence-corrected chi connectivity index (χ3v) is 5.71. The third-order valence-electron chi connectivity index (χ3n) is 5.71. The van der Waals surface area contributed by atoms with Crippen LogP contribution in [0.1, 0.15) is 18.9 Å². The van der Waals surface area contributed by atoms with Gasteiger partial charge in [0, 0.05) is 25.7 Å². The number of hydrogen-bond donors (Lipinski definition) is 1. The Hall–Kier alpha value is -3.35. The number of nitrogens with zero attached hydrogens (tertiary/aromatic N) is 2. The quantitative estimate of drug-likeness (QED) is 0.842. The van der Waals surface area contributed by atoms with Crippen LogP contribution in [0, 0.1) is 5.92 Å². The summed E-state index contributed by atoms with van der Waals surface area (Å²) in [5, 5.41) is 2.58. The predicted molar refractivity (Wildman–Crippen MR) is 114 cm³/mol. The van der Waals surface area contributed by atoms with Crippen LogP contribution in [0.25, 0.3) is 0 Å². The first-order chi connectivity index (χ1) is 14.5. The van der Waals surface area contributed by atoms with Gasteiger partial charge in [0.1, 0.15) is 5.75 Å². The average Bonchev–Trinajstić information content (AvgIpc) is 3.18. The summed E-state index contributed by atoms with van der Waals surface area (Å²) in [6, 6.07) is 15.0. The van der Waals surface area contributed by atoms with Crippen LogP contribution in [-0.2, 0) is 20.8 Å². The summed E-state index contributed by atoms with van der Waals surface area (Å²) in [7, 11) is 1.54. The molecule has 156 valence electrons. The van der Waals surface area contributed by atoms with Crippen LogP contribution in [0.5, 0.6) is 5.75 Å². The Morgan fingerprint density at radius 3 is 2.53 bits per heavy atom. The molecule has 2 aromatic carbocycles. The fraction of sp³-hybridized carbons (Fsp3) is 0.348. The lowest BCUT2D eigenvalue weighted by atomic mass is 10.0. The van der Waals surface area contributed by atoms with Crippen molar-refractivity contribution in [2.24, 2.45) is 5.92 Å². The summed E-state index contributed by atoms with van der Waals surface area (Å²) in [6.07, 6.45) is 0.292. The second kappa shape index (κ2) is 8.18. The molecular formula is C23H25N3O4. The minimum atomic E-state index is -0.788. The van der Waals surface area contributed by atoms with Crippen molar-refractivity contribution in [2.45, 2.75) is 25.9 Å². The number of hydrogen-bond acceptors (Lipinski definition) is 4. The predicted octanol–water partition coefficient (Wildman–Crippen LogP) is 2.14. The van der Waals surface area contributed by atoms with E-state index in [0.717, 1.165) is 12.1 Å². The number of ether oxygens (including phenoxy) is 1. The molecule has 2 aliphatic heterocycles. The molecule has 0 spiro atoms. The minimum Gasteiger partial charge on any atom is -0.477 e. The maximum absolute atomic E-state index is 13.4. The minimum absolute atomic E-state index is 0.0676. The van der Waals surface area contributed by atoms with Crippen molar-refractivity contribution in [1.29, 1.82) is 0 Å². The summed E-state index contributed by atoms with van der Waals surface area (Å²) < 4.78 is 5.78. The molecule has 7 nitrogen and oxygen atoms in total. The molecule has 2 aromatic rings. The molecule has 7 heteroatoms. The summed E-state index contributed by atoms with van der Waals surface area (Å²) in [6.45, 7) is 2.52. The zero-order valence-corrected chi connectivity index (χ0v) is 17.1. The largest absolute Gasteiger partial charge is 0.477 e. The van der Waals surface area contributed by atoms with Gasteiger partial charge in [-0.1, -0.05) is 31.2 Å². The number of fused-ring (bicyclic) bond motifs is 1. The Morgan fingerprint density at radius 2 is 1.83 bits per heavy atom. The molecule has 0 radical (unpaired) electrons. The third kappa shape index (κ3) is 3.63. The van der Waals surface area contributed by atoms with E-state index in [1.807, 2.05) is 30.3 Å². The summed E-state index contributed by atoms with van der Waals surface area (Å²) in [4.78, 5) is 41.5. The Labute approximate surface area is 175 Å². The van der Waals surface area contributed by atoms with Gasteiger partial charge in [-0.05, 0) is 36.2 Å². The van der Waals surface area contributed by atoms with Gasteiger partial charge in [0.05, 0.1) is 18.2 Å². The van der Waals surface area contributed by atoms with E-state index in [1.54, 1.807) is 28.0 Å². The Balaban J connectivity index is 1.56. The molecule has 1 saturated heterocycles. The van der Waals surface area contributed by atoms with Crippen LogP contribution in [0.2, 0.25) is 0 Å². The van der Waals surface area contributed by atoms with Crippen molar-refractivity contribution >= 4 is 29.1 Å². The van der Waals surface area contributed by atoms with Gasteiger partial charge in [-0.25, -0.2) is 0 Å². The van der Waals surface area contributed by atoms with Crippen LogP contribution >= 0.6 is 0 Å². The van der Waals surface area contributed by atoms with Gasteiger partial charge in [-0.2, -0.15) is 0 Å². The van der Waals surface area contributed by atoms with Crippen molar-refractivity contribution in [1.82, 2.24) is 5.32 Å². The lowest BCUT2D eigenvalue weighted by molar-refractivity contribution is -0.128. The first kappa shape index (κ1) is 19.9. The van der Waals surface area contributed by atoms with E-state index in [-0.39, 0.29) is 30.7 Å². The van der Waals surface area contributed by atoms with Gasteiger partial charge in [0.15, 0.2) is 6.10 Å². The van der Waals surface area contributed by atoms with E-state index in [2.05, 4.69) is 12.2 Å². The number of amides is 3. The highest BCUT2D eigenvalue weighted by Gasteiger charge is 2.41. The lowest BCUT2D eigenvalue weighted by Crippen LogP contribution is -2.51. The molecule has 2 unspecified atom stereocenters. The van der Waals surface area contributed by atoms with Crippen molar-refractivity contribution in [2.75, 3.05) is 29.9 Å². The molecule has 2 atom stereocenters. The topological polar surface area (TPSA) is 79.0 Å². The van der Waals surface area contributed by atoms with Gasteiger partial charge in [0.25, 0.3) is 5.91 Å². The van der Waals surface area contributed by atoms with Crippen LogP contribution in [-0.4, -0.2) is 44.0 Å². The van der Waals surface area contributed by atoms with Crippen molar-refractivity contribution in [3.63, 3.8) is 0 Å². The molecule has 3 amide bonds. The van der Waals surface area contributed by atoms with Crippen molar-refractivity contribution in [3.8, 4) is 5.75 Å². The number of benzene rings is 2. The summed E-state index contributed by atoms with van der Waals surface area (Å²) in [5.41, 5.74) is 2.63. The number of carbonyl (C=O) groups is 3. The maximum atomic E-state index is 13.4. The van der Waals surface area contributed by atoms with E-state index in [4.69, 9.17) is 4.74 Å². The molecule has 0 saturated carbocycles. The van der Waals surface area contributed by atoms with Gasteiger partial charge >= 0.3 is 0 Å². The highest BCUT2D eigenvalue weighted by molar-refractivity contribution is 6.05. The maximum Gasteiger partial charge on any atom is 0.262 e. The smallest absolute Gasteiger partial charge is 0.262 e. The fourth-order valence-corrected chi connectivity index (χ4v) is 4.00. The van der Waals surface area contributed by atoms with Crippen LogP contribution in [0.3, 0.4) is 0 Å². The monoisotopic (exact) mass is 407 g/mol. The number of anilines is 2. The molecule has 2 heterocycles. The van der Waals surface area contributed by atoms with E-state index >= 15 is 0 Å². The normalized spacial score (nSPS) is 20.5. The van der Waals surface area contributed by atoms with E-state index < -0.39 is 12.0 Å². The first-order valence-corrected chi connectivity index (χ1v) is 10.2. The second-order valence-corrected chi connectivity index (χ2v) is 7.56. The summed E-state index contributed by atoms with van der Waals surface area (Å²) in [5.74, 6) is -0.507. The molecule has 2 aliphatic rings. The van der Waals surface area contributed by atoms with Crippen molar-refractivity contribution in [3.05, 3.63) is 54.1 Å². The Bertz CT molecular complexity index is 973. The standard InChI is InChI=1S/C23H25N3O4/c1-3-15-8-10-17(11-9-15)25-13-16(12-21(25)27)23(29)26-14-20(22(28)24-2)30-19-7-5-4-6-18(19)26/h4-11,16,20H,3,12-14H2,1-2H3,(H,24,28). The SMILES string of the molecule is CCc1ccc(N2CC(C(=O)N3CC(C(=O)NC)Oc4ccccc43)CC2=O)cc1. The molecule has 30 heavy (non-hydrogen) atoms. The van der Waals surface area contributed by atoms with Crippen LogP contribution in [0.15, 0.2) is 48.5 Å². The fourth-order valence-electron chi connectivity index (χ4n) is 4.00. The Morgan fingerprint density at radius 1 is 1.10 bits per heavy atom. The van der Waals surface area contributed by atoms with Crippen LogP contribution in [0.4, 0.5) is 11.4 Å². The van der Waals surface area contributed by atoms with E-state index in [1.165, 1.54) is 12.6 Å². The van der Waals surface area contributed by atoms with Gasteiger partial charge in [0.2, 0.25) is 11.8 Å². The van der Waals surface area contributed by atoms with E-state index in [9.17, 15) is 14.4 Å². The molecule has 4 rings (SSSR count). The highest BCUT2D eigenvalue weighted by Crippen LogP contribution is 2.36. The second-order valence-electron chi connectivity index (χ2n) is 7.56. The molecule has 0 aromatic heterocycles. The van der Waals surface area contributed by atoms with Gasteiger partial charge in [-0.15, -0.1) is 0 Å². The number of rotatable bonds is 4. The van der Waals surface area contributed by atoms with E-state index in [0.29, 0.717) is 18.0 Å². The number of carbonyl (C=O) groups excluding carboxylic acids is 3. The van der Waals surface area contributed by atoms with Gasteiger partial charge < -0.3 is 19.9 Å². The summed E-state index contributed by atoms with van der Waals surface area (Å²) >= 11 is 0. The number of aryl methyl sites for hydroxylation is 1. The zero-order chi connectivity index (χ0) is 21.3. The van der Waals surface area contributed by atoms with Gasteiger partial charge in [-0.3, -0.25) is 14.4 Å². The molecule has 1 fully saturated rings. The lowest BCUT2D eigenvalue weighted by Gasteiger charge is -2.35. The highest BCUT2D eigenvalue weighted by atomic mass is 16.5. The molecule has 0 aliphatic carbocycles. The van der Waals surface area contributed by atoms with Crippen molar-refractivity contribution < 1.29 is 19.1 Å². The molecule has 0 bridgehead atoms. The Kier molecular flexibility index (Phi) is 5.44.